The van der Waals surface area contributed by atoms with Gasteiger partial charge < -0.3 is 14.6 Å². The lowest BCUT2D eigenvalue weighted by Crippen LogP contribution is -2.35. The van der Waals surface area contributed by atoms with Crippen molar-refractivity contribution in [1.82, 2.24) is 4.90 Å². The Labute approximate surface area is 124 Å². The maximum Gasteiger partial charge on any atom is 0.320 e. The van der Waals surface area contributed by atoms with E-state index in [1.807, 2.05) is 23.1 Å². The lowest BCUT2D eigenvalue weighted by molar-refractivity contribution is -0.142. The predicted molar refractivity (Wildman–Crippen MR) is 79.8 cm³/mol. The molecule has 0 amide bonds. The number of aliphatic carboxylic acids is 1. The highest BCUT2D eigenvalue weighted by Crippen LogP contribution is 2.29. The summed E-state index contributed by atoms with van der Waals surface area (Å²) in [5.41, 5.74) is 1.02. The fourth-order valence-electron chi connectivity index (χ4n) is 2.61. The largest absolute Gasteiger partial charge is 0.493 e. The van der Waals surface area contributed by atoms with Gasteiger partial charge in [0.25, 0.3) is 0 Å². The standard InChI is InChI=1S/C16H21NO4/c1-3-9-21-14-7-6-12(10-15(14)20-2)11-17-8-4-5-13(17)16(18)19/h3,6-7,10,13H,1,4-5,8-9,11H2,2H3,(H,18,19)/t13-/m0/s1. The molecule has 5 heteroatoms. The SMILES string of the molecule is C=CCOc1ccc(CN2CCC[C@H]2C(=O)O)cc1OC. The fraction of sp³-hybridized carbons (Fsp3) is 0.438. The van der Waals surface area contributed by atoms with Gasteiger partial charge in [-0.1, -0.05) is 18.7 Å². The molecular weight excluding hydrogens is 270 g/mol. The molecule has 0 aliphatic carbocycles. The number of benzene rings is 1. The van der Waals surface area contributed by atoms with Crippen LogP contribution in [-0.2, 0) is 11.3 Å². The molecule has 1 atom stereocenters. The molecule has 0 unspecified atom stereocenters. The molecule has 5 nitrogen and oxygen atoms in total. The zero-order chi connectivity index (χ0) is 15.2. The summed E-state index contributed by atoms with van der Waals surface area (Å²) in [7, 11) is 1.59. The molecule has 0 aromatic heterocycles. The van der Waals surface area contributed by atoms with Crippen LogP contribution in [0.5, 0.6) is 11.5 Å². The topological polar surface area (TPSA) is 59.0 Å². The number of methoxy groups -OCH3 is 1. The first kappa shape index (κ1) is 15.4. The molecule has 1 saturated heterocycles. The highest BCUT2D eigenvalue weighted by molar-refractivity contribution is 5.73. The Morgan fingerprint density at radius 2 is 2.33 bits per heavy atom. The Morgan fingerprint density at radius 3 is 3.00 bits per heavy atom. The zero-order valence-corrected chi connectivity index (χ0v) is 12.2. The molecule has 1 aliphatic heterocycles. The van der Waals surface area contributed by atoms with Gasteiger partial charge in [0.1, 0.15) is 12.6 Å². The van der Waals surface area contributed by atoms with E-state index in [0.717, 1.165) is 18.5 Å². The van der Waals surface area contributed by atoms with Crippen molar-refractivity contribution in [2.24, 2.45) is 0 Å². The van der Waals surface area contributed by atoms with Gasteiger partial charge in [0, 0.05) is 6.54 Å². The molecule has 1 aromatic carbocycles. The molecule has 1 aromatic rings. The number of carbonyl (C=O) groups is 1. The normalized spacial score (nSPS) is 18.4. The van der Waals surface area contributed by atoms with Crippen LogP contribution in [0.3, 0.4) is 0 Å². The van der Waals surface area contributed by atoms with E-state index < -0.39 is 5.97 Å². The van der Waals surface area contributed by atoms with Crippen LogP contribution >= 0.6 is 0 Å². The summed E-state index contributed by atoms with van der Waals surface area (Å²) in [5, 5.41) is 9.21. The van der Waals surface area contributed by atoms with E-state index in [1.165, 1.54) is 0 Å². The van der Waals surface area contributed by atoms with E-state index in [1.54, 1.807) is 13.2 Å². The van der Waals surface area contributed by atoms with Gasteiger partial charge in [-0.05, 0) is 37.1 Å². The quantitative estimate of drug-likeness (QED) is 0.781. The smallest absolute Gasteiger partial charge is 0.320 e. The number of ether oxygens (including phenoxy) is 2. The van der Waals surface area contributed by atoms with Gasteiger partial charge in [-0.15, -0.1) is 0 Å². The van der Waals surface area contributed by atoms with E-state index in [2.05, 4.69) is 6.58 Å². The van der Waals surface area contributed by atoms with Crippen LogP contribution in [0.25, 0.3) is 0 Å². The Morgan fingerprint density at radius 1 is 1.52 bits per heavy atom. The van der Waals surface area contributed by atoms with Gasteiger partial charge in [-0.3, -0.25) is 9.69 Å². The van der Waals surface area contributed by atoms with Crippen molar-refractivity contribution in [2.45, 2.75) is 25.4 Å². The molecular formula is C16H21NO4. The molecule has 1 fully saturated rings. The van der Waals surface area contributed by atoms with Gasteiger partial charge in [-0.25, -0.2) is 0 Å². The van der Waals surface area contributed by atoms with Crippen molar-refractivity contribution in [3.05, 3.63) is 36.4 Å². The van der Waals surface area contributed by atoms with Crippen LogP contribution in [0.2, 0.25) is 0 Å². The van der Waals surface area contributed by atoms with E-state index in [9.17, 15) is 9.90 Å². The summed E-state index contributed by atoms with van der Waals surface area (Å²) in [4.78, 5) is 13.2. The van der Waals surface area contributed by atoms with Crippen molar-refractivity contribution >= 4 is 5.97 Å². The summed E-state index contributed by atoms with van der Waals surface area (Å²) < 4.78 is 10.8. The molecule has 0 saturated carbocycles. The van der Waals surface area contributed by atoms with Gasteiger partial charge in [-0.2, -0.15) is 0 Å². The van der Waals surface area contributed by atoms with E-state index in [4.69, 9.17) is 9.47 Å². The first-order chi connectivity index (χ1) is 10.2. The number of carboxylic acids is 1. The molecule has 1 heterocycles. The van der Waals surface area contributed by atoms with Gasteiger partial charge in [0.15, 0.2) is 11.5 Å². The fourth-order valence-corrected chi connectivity index (χ4v) is 2.61. The minimum Gasteiger partial charge on any atom is -0.493 e. The lowest BCUT2D eigenvalue weighted by Gasteiger charge is -2.21. The molecule has 0 spiro atoms. The van der Waals surface area contributed by atoms with Crippen molar-refractivity contribution < 1.29 is 19.4 Å². The minimum atomic E-state index is -0.745. The zero-order valence-electron chi connectivity index (χ0n) is 12.2. The van der Waals surface area contributed by atoms with Crippen LogP contribution in [0, 0.1) is 0 Å². The summed E-state index contributed by atoms with van der Waals surface area (Å²) in [6.07, 6.45) is 3.32. The third-order valence-electron chi connectivity index (χ3n) is 3.62. The Hall–Kier alpha value is -2.01. The first-order valence-corrected chi connectivity index (χ1v) is 7.03. The predicted octanol–water partition coefficient (Wildman–Crippen LogP) is 2.31. The van der Waals surface area contributed by atoms with Crippen LogP contribution < -0.4 is 9.47 Å². The molecule has 0 radical (unpaired) electrons. The maximum absolute atomic E-state index is 11.2. The Kier molecular flexibility index (Phi) is 5.22. The maximum atomic E-state index is 11.2. The third kappa shape index (κ3) is 3.76. The average molecular weight is 291 g/mol. The van der Waals surface area contributed by atoms with Crippen molar-refractivity contribution in [2.75, 3.05) is 20.3 Å². The molecule has 0 bridgehead atoms. The Bertz CT molecular complexity index is 515. The summed E-state index contributed by atoms with van der Waals surface area (Å²) in [6.45, 7) is 5.45. The molecule has 1 N–H and O–H groups in total. The second kappa shape index (κ2) is 7.13. The van der Waals surface area contributed by atoms with E-state index >= 15 is 0 Å². The molecule has 114 valence electrons. The highest BCUT2D eigenvalue weighted by atomic mass is 16.5. The minimum absolute atomic E-state index is 0.382. The second-order valence-electron chi connectivity index (χ2n) is 5.05. The monoisotopic (exact) mass is 291 g/mol. The van der Waals surface area contributed by atoms with Crippen LogP contribution in [0.1, 0.15) is 18.4 Å². The van der Waals surface area contributed by atoms with Crippen molar-refractivity contribution in [3.63, 3.8) is 0 Å². The Balaban J connectivity index is 2.10. The first-order valence-electron chi connectivity index (χ1n) is 7.03. The lowest BCUT2D eigenvalue weighted by atomic mass is 10.1. The molecule has 21 heavy (non-hydrogen) atoms. The van der Waals surface area contributed by atoms with E-state index in [-0.39, 0.29) is 6.04 Å². The summed E-state index contributed by atoms with van der Waals surface area (Å²) >= 11 is 0. The molecule has 1 aliphatic rings. The van der Waals surface area contributed by atoms with Crippen LogP contribution in [-0.4, -0.2) is 42.3 Å². The number of hydrogen-bond acceptors (Lipinski definition) is 4. The van der Waals surface area contributed by atoms with Crippen molar-refractivity contribution in [1.29, 1.82) is 0 Å². The highest BCUT2D eigenvalue weighted by Gasteiger charge is 2.30. The van der Waals surface area contributed by atoms with Crippen LogP contribution in [0.4, 0.5) is 0 Å². The number of hydrogen-bond donors (Lipinski definition) is 1. The average Bonchev–Trinajstić information content (AvgIpc) is 2.94. The third-order valence-corrected chi connectivity index (χ3v) is 3.62. The van der Waals surface area contributed by atoms with Crippen molar-refractivity contribution in [3.8, 4) is 11.5 Å². The summed E-state index contributed by atoms with van der Waals surface area (Å²) in [5.74, 6) is 0.572. The molecule has 2 rings (SSSR count). The van der Waals surface area contributed by atoms with Gasteiger partial charge in [0.05, 0.1) is 7.11 Å². The number of nitrogens with zero attached hydrogens (tertiary/aromatic N) is 1. The number of likely N-dealkylation sites (tertiary alicyclic amines) is 1. The number of carboxylic acid groups (broad SMARTS) is 1. The van der Waals surface area contributed by atoms with Gasteiger partial charge >= 0.3 is 5.97 Å². The van der Waals surface area contributed by atoms with E-state index in [0.29, 0.717) is 31.1 Å². The van der Waals surface area contributed by atoms with Crippen LogP contribution in [0.15, 0.2) is 30.9 Å². The second-order valence-corrected chi connectivity index (χ2v) is 5.05. The summed E-state index contributed by atoms with van der Waals surface area (Å²) in [6, 6.07) is 5.31. The van der Waals surface area contributed by atoms with Gasteiger partial charge in [0.2, 0.25) is 0 Å². The number of rotatable bonds is 7.